The summed E-state index contributed by atoms with van der Waals surface area (Å²) in [5.41, 5.74) is 0.938. The molecule has 0 bridgehead atoms. The topological polar surface area (TPSA) is 22.1 Å². The number of halogens is 1. The summed E-state index contributed by atoms with van der Waals surface area (Å²) in [7, 11) is 0. The molecule has 66 valence electrons. The molecule has 0 spiro atoms. The van der Waals surface area contributed by atoms with Crippen LogP contribution in [0.3, 0.4) is 0 Å². The molecule has 1 aromatic heterocycles. The van der Waals surface area contributed by atoms with Crippen molar-refractivity contribution in [3.05, 3.63) is 24.0 Å². The first-order chi connectivity index (χ1) is 5.74. The number of hydrogen-bond acceptors (Lipinski definition) is 2. The van der Waals surface area contributed by atoms with E-state index in [4.69, 9.17) is 16.3 Å². The van der Waals surface area contributed by atoms with E-state index in [2.05, 4.69) is 4.98 Å². The van der Waals surface area contributed by atoms with Gasteiger partial charge in [-0.3, -0.25) is 4.98 Å². The zero-order valence-corrected chi connectivity index (χ0v) is 8.01. The average Bonchev–Trinajstić information content (AvgIpc) is 2.04. The second-order valence-electron chi connectivity index (χ2n) is 2.78. The molecule has 0 fully saturated rings. The van der Waals surface area contributed by atoms with Crippen LogP contribution in [0.25, 0.3) is 0 Å². The van der Waals surface area contributed by atoms with E-state index >= 15 is 0 Å². The number of ether oxygens (including phenoxy) is 1. The molecule has 0 radical (unpaired) electrons. The largest absolute Gasteiger partial charge is 0.491 e. The first-order valence-corrected chi connectivity index (χ1v) is 4.43. The minimum Gasteiger partial charge on any atom is -0.491 e. The molecule has 1 aromatic rings. The van der Waals surface area contributed by atoms with Gasteiger partial charge in [-0.25, -0.2) is 0 Å². The van der Waals surface area contributed by atoms with Crippen molar-refractivity contribution in [3.8, 4) is 5.75 Å². The number of nitrogens with zero attached hydrogens (tertiary/aromatic N) is 1. The smallest absolute Gasteiger partial charge is 0.127 e. The molecule has 12 heavy (non-hydrogen) atoms. The van der Waals surface area contributed by atoms with Crippen molar-refractivity contribution in [1.29, 1.82) is 0 Å². The third-order valence-electron chi connectivity index (χ3n) is 1.37. The Hall–Kier alpha value is -0.760. The van der Waals surface area contributed by atoms with Gasteiger partial charge in [0, 0.05) is 18.0 Å². The summed E-state index contributed by atoms with van der Waals surface area (Å²) in [5, 5.41) is 0. The van der Waals surface area contributed by atoms with Gasteiger partial charge in [0.05, 0.1) is 12.0 Å². The number of rotatable bonds is 3. The molecule has 0 amide bonds. The molecule has 0 aliphatic heterocycles. The lowest BCUT2D eigenvalue weighted by Crippen LogP contribution is -2.07. The second-order valence-corrected chi connectivity index (χ2v) is 3.05. The highest BCUT2D eigenvalue weighted by Crippen LogP contribution is 2.19. The van der Waals surface area contributed by atoms with Crippen molar-refractivity contribution in [2.45, 2.75) is 25.8 Å². The number of pyridine rings is 1. The zero-order chi connectivity index (χ0) is 8.97. The number of aromatic nitrogens is 1. The monoisotopic (exact) mass is 185 g/mol. The third kappa shape index (κ3) is 2.38. The van der Waals surface area contributed by atoms with Crippen molar-refractivity contribution >= 4 is 11.6 Å². The van der Waals surface area contributed by atoms with E-state index in [0.29, 0.717) is 5.88 Å². The minimum absolute atomic E-state index is 0.175. The van der Waals surface area contributed by atoms with Crippen molar-refractivity contribution in [2.75, 3.05) is 0 Å². The van der Waals surface area contributed by atoms with Gasteiger partial charge >= 0.3 is 0 Å². The Morgan fingerprint density at radius 3 is 2.92 bits per heavy atom. The molecule has 1 rings (SSSR count). The lowest BCUT2D eigenvalue weighted by atomic mass is 10.3. The van der Waals surface area contributed by atoms with Crippen LogP contribution >= 0.6 is 11.6 Å². The molecule has 0 aliphatic rings. The fourth-order valence-electron chi connectivity index (χ4n) is 0.884. The van der Waals surface area contributed by atoms with Crippen LogP contribution in [0.5, 0.6) is 5.75 Å². The third-order valence-corrected chi connectivity index (χ3v) is 1.65. The molecule has 0 unspecified atom stereocenters. The highest BCUT2D eigenvalue weighted by atomic mass is 35.5. The normalized spacial score (nSPS) is 10.3. The molecule has 0 atom stereocenters. The molecule has 0 saturated heterocycles. The van der Waals surface area contributed by atoms with E-state index in [1.165, 1.54) is 0 Å². The number of hydrogen-bond donors (Lipinski definition) is 0. The van der Waals surface area contributed by atoms with E-state index < -0.39 is 0 Å². The van der Waals surface area contributed by atoms with Gasteiger partial charge in [-0.2, -0.15) is 0 Å². The van der Waals surface area contributed by atoms with Gasteiger partial charge in [0.1, 0.15) is 5.75 Å². The van der Waals surface area contributed by atoms with Crippen LogP contribution in [0.4, 0.5) is 0 Å². The fourth-order valence-corrected chi connectivity index (χ4v) is 1.08. The van der Waals surface area contributed by atoms with Crippen LogP contribution in [0.2, 0.25) is 0 Å². The molecule has 1 heterocycles. The van der Waals surface area contributed by atoms with E-state index in [-0.39, 0.29) is 6.10 Å². The lowest BCUT2D eigenvalue weighted by molar-refractivity contribution is 0.240. The standard InChI is InChI=1S/C9H12ClNO/c1-7(2)12-9-3-4-11-6-8(9)5-10/h3-4,6-7H,5H2,1-2H3. The molecule has 0 N–H and O–H groups in total. The van der Waals surface area contributed by atoms with Gasteiger partial charge in [0.25, 0.3) is 0 Å². The predicted octanol–water partition coefficient (Wildman–Crippen LogP) is 2.61. The van der Waals surface area contributed by atoms with Crippen LogP contribution < -0.4 is 4.74 Å². The summed E-state index contributed by atoms with van der Waals surface area (Å²) in [4.78, 5) is 3.96. The van der Waals surface area contributed by atoms with E-state index in [9.17, 15) is 0 Å². The van der Waals surface area contributed by atoms with E-state index in [1.54, 1.807) is 12.4 Å². The van der Waals surface area contributed by atoms with Crippen molar-refractivity contribution in [1.82, 2.24) is 4.98 Å². The lowest BCUT2D eigenvalue weighted by Gasteiger charge is -2.11. The zero-order valence-electron chi connectivity index (χ0n) is 7.25. The van der Waals surface area contributed by atoms with Gasteiger partial charge in [-0.1, -0.05) is 0 Å². The summed E-state index contributed by atoms with van der Waals surface area (Å²) in [5.74, 6) is 1.27. The van der Waals surface area contributed by atoms with Gasteiger partial charge < -0.3 is 4.74 Å². The summed E-state index contributed by atoms with van der Waals surface area (Å²) in [6.07, 6.45) is 3.60. The van der Waals surface area contributed by atoms with Crippen LogP contribution in [-0.4, -0.2) is 11.1 Å². The maximum atomic E-state index is 5.70. The van der Waals surface area contributed by atoms with E-state index in [1.807, 2.05) is 19.9 Å². The molecule has 0 aromatic carbocycles. The minimum atomic E-state index is 0.175. The maximum Gasteiger partial charge on any atom is 0.127 e. The summed E-state index contributed by atoms with van der Waals surface area (Å²) >= 11 is 5.70. The first kappa shape index (κ1) is 9.33. The van der Waals surface area contributed by atoms with Crippen LogP contribution in [0.1, 0.15) is 19.4 Å². The summed E-state index contributed by atoms with van der Waals surface area (Å²) in [6.45, 7) is 3.97. The number of alkyl halides is 1. The summed E-state index contributed by atoms with van der Waals surface area (Å²) < 4.78 is 5.51. The molecule has 0 aliphatic carbocycles. The Morgan fingerprint density at radius 2 is 2.33 bits per heavy atom. The Bertz CT molecular complexity index is 250. The van der Waals surface area contributed by atoms with Crippen molar-refractivity contribution in [3.63, 3.8) is 0 Å². The van der Waals surface area contributed by atoms with Crippen molar-refractivity contribution < 1.29 is 4.74 Å². The Kier molecular flexibility index (Phi) is 3.35. The summed E-state index contributed by atoms with van der Waals surface area (Å²) in [6, 6.07) is 1.83. The Labute approximate surface area is 77.5 Å². The Morgan fingerprint density at radius 1 is 1.58 bits per heavy atom. The SMILES string of the molecule is CC(C)Oc1ccncc1CCl. The average molecular weight is 186 g/mol. The molecule has 0 saturated carbocycles. The van der Waals surface area contributed by atoms with Crippen molar-refractivity contribution in [2.24, 2.45) is 0 Å². The van der Waals surface area contributed by atoms with E-state index in [0.717, 1.165) is 11.3 Å². The van der Waals surface area contributed by atoms with Gasteiger partial charge in [0.15, 0.2) is 0 Å². The van der Waals surface area contributed by atoms with Gasteiger partial charge in [-0.05, 0) is 19.9 Å². The quantitative estimate of drug-likeness (QED) is 0.676. The molecule has 3 heteroatoms. The molecular weight excluding hydrogens is 174 g/mol. The highest BCUT2D eigenvalue weighted by molar-refractivity contribution is 6.17. The molecule has 2 nitrogen and oxygen atoms in total. The maximum absolute atomic E-state index is 5.70. The first-order valence-electron chi connectivity index (χ1n) is 3.89. The van der Waals surface area contributed by atoms with Gasteiger partial charge in [0.2, 0.25) is 0 Å². The highest BCUT2D eigenvalue weighted by Gasteiger charge is 2.03. The van der Waals surface area contributed by atoms with Crippen LogP contribution in [0.15, 0.2) is 18.5 Å². The predicted molar refractivity (Wildman–Crippen MR) is 49.6 cm³/mol. The molecular formula is C9H12ClNO. The Balaban J connectivity index is 2.82. The van der Waals surface area contributed by atoms with Crippen LogP contribution in [-0.2, 0) is 5.88 Å². The van der Waals surface area contributed by atoms with Crippen LogP contribution in [0, 0.1) is 0 Å². The van der Waals surface area contributed by atoms with Gasteiger partial charge in [-0.15, -0.1) is 11.6 Å². The fraction of sp³-hybridized carbons (Fsp3) is 0.444. The second kappa shape index (κ2) is 4.31.